The minimum absolute atomic E-state index is 0.348. The van der Waals surface area contributed by atoms with Gasteiger partial charge in [0.1, 0.15) is 11.8 Å². The number of ether oxygens (including phenoxy) is 1. The van der Waals surface area contributed by atoms with E-state index in [1.807, 2.05) is 43.3 Å². The molecule has 21 heavy (non-hydrogen) atoms. The average Bonchev–Trinajstić information content (AvgIpc) is 2.81. The number of imidazole rings is 1. The molecule has 0 saturated carbocycles. The van der Waals surface area contributed by atoms with E-state index in [1.165, 1.54) is 0 Å². The molecule has 1 heterocycles. The van der Waals surface area contributed by atoms with Gasteiger partial charge in [-0.15, -0.1) is 0 Å². The average molecular weight is 278 g/mol. The van der Waals surface area contributed by atoms with Crippen LogP contribution in [0, 0.1) is 18.3 Å². The van der Waals surface area contributed by atoms with Crippen molar-refractivity contribution in [1.29, 1.82) is 5.26 Å². The van der Waals surface area contributed by atoms with Gasteiger partial charge in [0.2, 0.25) is 5.95 Å². The highest BCUT2D eigenvalue weighted by Crippen LogP contribution is 2.28. The van der Waals surface area contributed by atoms with Crippen LogP contribution < -0.4 is 10.5 Å². The van der Waals surface area contributed by atoms with Gasteiger partial charge in [-0.25, -0.2) is 4.98 Å². The van der Waals surface area contributed by atoms with Gasteiger partial charge >= 0.3 is 0 Å². The number of hydrogen-bond acceptors (Lipinski definition) is 4. The summed E-state index contributed by atoms with van der Waals surface area (Å²) in [4.78, 5) is 4.35. The van der Waals surface area contributed by atoms with Crippen molar-refractivity contribution in [3.05, 3.63) is 47.5 Å². The molecule has 0 atom stereocenters. The molecule has 5 nitrogen and oxygen atoms in total. The molecule has 1 aromatic heterocycles. The topological polar surface area (TPSA) is 76.9 Å². The van der Waals surface area contributed by atoms with E-state index in [-0.39, 0.29) is 0 Å². The van der Waals surface area contributed by atoms with E-state index in [0.717, 1.165) is 28.0 Å². The van der Waals surface area contributed by atoms with Gasteiger partial charge in [-0.1, -0.05) is 12.1 Å². The first-order valence-corrected chi connectivity index (χ1v) is 6.47. The van der Waals surface area contributed by atoms with Crippen molar-refractivity contribution in [3.8, 4) is 17.5 Å². The van der Waals surface area contributed by atoms with Crippen LogP contribution in [0.5, 0.6) is 5.75 Å². The van der Waals surface area contributed by atoms with Crippen LogP contribution in [0.3, 0.4) is 0 Å². The van der Waals surface area contributed by atoms with Crippen molar-refractivity contribution < 1.29 is 4.74 Å². The van der Waals surface area contributed by atoms with Gasteiger partial charge in [-0.05, 0) is 30.7 Å². The lowest BCUT2D eigenvalue weighted by Gasteiger charge is -2.10. The number of nitriles is 1. The van der Waals surface area contributed by atoms with Gasteiger partial charge in [0, 0.05) is 6.07 Å². The van der Waals surface area contributed by atoms with E-state index in [9.17, 15) is 5.26 Å². The molecule has 104 valence electrons. The molecule has 0 aliphatic heterocycles. The van der Waals surface area contributed by atoms with E-state index in [0.29, 0.717) is 11.5 Å². The normalized spacial score (nSPS) is 10.5. The molecule has 3 rings (SSSR count). The number of nitrogens with zero attached hydrogens (tertiary/aromatic N) is 3. The molecule has 0 saturated heterocycles. The smallest absolute Gasteiger partial charge is 0.205 e. The number of rotatable bonds is 2. The second-order valence-corrected chi connectivity index (χ2v) is 4.74. The summed E-state index contributed by atoms with van der Waals surface area (Å²) in [6.07, 6.45) is 0. The zero-order chi connectivity index (χ0) is 15.0. The van der Waals surface area contributed by atoms with Gasteiger partial charge in [-0.3, -0.25) is 4.57 Å². The second kappa shape index (κ2) is 4.84. The highest BCUT2D eigenvalue weighted by atomic mass is 16.5. The fourth-order valence-corrected chi connectivity index (χ4v) is 2.44. The quantitative estimate of drug-likeness (QED) is 0.782. The van der Waals surface area contributed by atoms with E-state index in [4.69, 9.17) is 10.5 Å². The van der Waals surface area contributed by atoms with Gasteiger partial charge < -0.3 is 10.5 Å². The van der Waals surface area contributed by atoms with Crippen molar-refractivity contribution in [2.75, 3.05) is 12.8 Å². The minimum Gasteiger partial charge on any atom is -0.497 e. The molecular weight excluding hydrogens is 264 g/mol. The Morgan fingerprint density at radius 2 is 2.10 bits per heavy atom. The van der Waals surface area contributed by atoms with E-state index >= 15 is 0 Å². The molecule has 0 spiro atoms. The van der Waals surface area contributed by atoms with Crippen molar-refractivity contribution in [3.63, 3.8) is 0 Å². The first-order valence-electron chi connectivity index (χ1n) is 6.47. The lowest BCUT2D eigenvalue weighted by atomic mass is 10.1. The second-order valence-electron chi connectivity index (χ2n) is 4.74. The molecule has 5 heteroatoms. The summed E-state index contributed by atoms with van der Waals surface area (Å²) in [6, 6.07) is 13.5. The summed E-state index contributed by atoms with van der Waals surface area (Å²) in [5.74, 6) is 1.07. The Balaban J connectivity index is 2.34. The maximum atomic E-state index is 9.40. The maximum absolute atomic E-state index is 9.40. The highest BCUT2D eigenvalue weighted by molar-refractivity contribution is 5.83. The summed E-state index contributed by atoms with van der Waals surface area (Å²) in [5.41, 5.74) is 9.87. The van der Waals surface area contributed by atoms with Crippen LogP contribution in [-0.2, 0) is 0 Å². The first-order chi connectivity index (χ1) is 10.2. The van der Waals surface area contributed by atoms with Crippen LogP contribution >= 0.6 is 0 Å². The molecule has 2 aromatic carbocycles. The fraction of sp³-hybridized carbons (Fsp3) is 0.125. The molecule has 2 N–H and O–H groups in total. The summed E-state index contributed by atoms with van der Waals surface area (Å²) in [5, 5.41) is 9.40. The number of hydrogen-bond donors (Lipinski definition) is 1. The number of aromatic nitrogens is 2. The molecule has 0 fully saturated rings. The fourth-order valence-electron chi connectivity index (χ4n) is 2.44. The van der Waals surface area contributed by atoms with E-state index in [1.54, 1.807) is 11.7 Å². The SMILES string of the molecule is COc1ccc2c(c1)nc(N)n2-c1cccc(C)c1C#N. The molecule has 0 unspecified atom stereocenters. The molecule has 0 aliphatic rings. The van der Waals surface area contributed by atoms with Gasteiger partial charge in [0.15, 0.2) is 0 Å². The molecule has 0 aliphatic carbocycles. The Morgan fingerprint density at radius 3 is 2.81 bits per heavy atom. The predicted octanol–water partition coefficient (Wildman–Crippen LogP) is 2.80. The third-order valence-corrected chi connectivity index (χ3v) is 3.49. The summed E-state index contributed by atoms with van der Waals surface area (Å²) < 4.78 is 6.99. The number of nitrogens with two attached hydrogens (primary N) is 1. The number of anilines is 1. The Kier molecular flexibility index (Phi) is 2.99. The number of aryl methyl sites for hydroxylation is 1. The van der Waals surface area contributed by atoms with Crippen LogP contribution in [0.4, 0.5) is 5.95 Å². The summed E-state index contributed by atoms with van der Waals surface area (Å²) >= 11 is 0. The van der Waals surface area contributed by atoms with Crippen LogP contribution in [0.1, 0.15) is 11.1 Å². The van der Waals surface area contributed by atoms with Crippen molar-refractivity contribution in [2.24, 2.45) is 0 Å². The Bertz CT molecular complexity index is 874. The van der Waals surface area contributed by atoms with Gasteiger partial charge in [-0.2, -0.15) is 5.26 Å². The van der Waals surface area contributed by atoms with Gasteiger partial charge in [0.05, 0.1) is 29.4 Å². The lowest BCUT2D eigenvalue weighted by Crippen LogP contribution is -2.03. The molecular formula is C16H14N4O. The molecule has 0 radical (unpaired) electrons. The van der Waals surface area contributed by atoms with Crippen molar-refractivity contribution >= 4 is 17.0 Å². The molecule has 0 bridgehead atoms. The third kappa shape index (κ3) is 1.98. The zero-order valence-electron chi connectivity index (χ0n) is 11.8. The maximum Gasteiger partial charge on any atom is 0.205 e. The summed E-state index contributed by atoms with van der Waals surface area (Å²) in [7, 11) is 1.61. The number of benzene rings is 2. The Labute approximate surface area is 122 Å². The van der Waals surface area contributed by atoms with Crippen LogP contribution in [0.25, 0.3) is 16.7 Å². The Hall–Kier alpha value is -3.00. The third-order valence-electron chi connectivity index (χ3n) is 3.49. The van der Waals surface area contributed by atoms with Crippen molar-refractivity contribution in [1.82, 2.24) is 9.55 Å². The largest absolute Gasteiger partial charge is 0.497 e. The van der Waals surface area contributed by atoms with Crippen LogP contribution in [0.15, 0.2) is 36.4 Å². The standard InChI is InChI=1S/C16H14N4O/c1-10-4-3-5-14(12(10)9-17)20-15-7-6-11(21-2)8-13(15)19-16(20)18/h3-8H,1-2H3,(H2,18,19). The van der Waals surface area contributed by atoms with Crippen molar-refractivity contribution in [2.45, 2.75) is 6.92 Å². The minimum atomic E-state index is 0.348. The van der Waals surface area contributed by atoms with Gasteiger partial charge in [0.25, 0.3) is 0 Å². The monoisotopic (exact) mass is 278 g/mol. The predicted molar refractivity (Wildman–Crippen MR) is 81.5 cm³/mol. The zero-order valence-corrected chi connectivity index (χ0v) is 11.8. The summed E-state index contributed by atoms with van der Waals surface area (Å²) in [6.45, 7) is 1.90. The number of methoxy groups -OCH3 is 1. The molecule has 3 aromatic rings. The van der Waals surface area contributed by atoms with E-state index in [2.05, 4.69) is 11.1 Å². The molecule has 0 amide bonds. The van der Waals surface area contributed by atoms with Crippen LogP contribution in [-0.4, -0.2) is 16.7 Å². The highest BCUT2D eigenvalue weighted by Gasteiger charge is 2.14. The first kappa shape index (κ1) is 13.0. The lowest BCUT2D eigenvalue weighted by molar-refractivity contribution is 0.415. The number of fused-ring (bicyclic) bond motifs is 1. The number of nitrogen functional groups attached to an aromatic ring is 1. The van der Waals surface area contributed by atoms with Crippen LogP contribution in [0.2, 0.25) is 0 Å². The Morgan fingerprint density at radius 1 is 1.29 bits per heavy atom. The van der Waals surface area contributed by atoms with E-state index < -0.39 is 0 Å².